The minimum absolute atomic E-state index is 0.0236. The Balaban J connectivity index is 1.59. The molecule has 2 atom stereocenters. The van der Waals surface area contributed by atoms with Crippen LogP contribution in [-0.4, -0.2) is 51.6 Å². The Morgan fingerprint density at radius 1 is 1.19 bits per heavy atom. The molecular formula is C33H42N4O4S2. The average molecular weight is 623 g/mol. The zero-order valence-electron chi connectivity index (χ0n) is 25.0. The summed E-state index contributed by atoms with van der Waals surface area (Å²) in [5.41, 5.74) is 10.1. The van der Waals surface area contributed by atoms with E-state index in [1.807, 2.05) is 27.8 Å². The van der Waals surface area contributed by atoms with E-state index in [2.05, 4.69) is 29.4 Å². The summed E-state index contributed by atoms with van der Waals surface area (Å²) in [7, 11) is 5.24. The predicted octanol–water partition coefficient (Wildman–Crippen LogP) is 6.40. The number of methoxy groups -OCH3 is 1. The summed E-state index contributed by atoms with van der Waals surface area (Å²) in [5.74, 6) is 1.93. The summed E-state index contributed by atoms with van der Waals surface area (Å²) in [6.45, 7) is 2.94. The number of benzene rings is 1. The second-order valence-electron chi connectivity index (χ2n) is 11.8. The Hall–Kier alpha value is -3.11. The zero-order chi connectivity index (χ0) is 30.4. The minimum atomic E-state index is -0.228. The van der Waals surface area contributed by atoms with E-state index in [-0.39, 0.29) is 34.5 Å². The minimum Gasteiger partial charge on any atom is -0.504 e. The van der Waals surface area contributed by atoms with Crippen molar-refractivity contribution in [2.24, 2.45) is 5.92 Å². The summed E-state index contributed by atoms with van der Waals surface area (Å²) in [6, 6.07) is 5.59. The first kappa shape index (κ1) is 31.3. The number of nitrogens with two attached hydrogens (primary N) is 1. The fourth-order valence-corrected chi connectivity index (χ4v) is 10.2. The number of carbonyl (C=O) groups excluding carboxylic acids is 2. The van der Waals surface area contributed by atoms with Crippen molar-refractivity contribution in [2.75, 3.05) is 25.3 Å². The lowest BCUT2D eigenvalue weighted by atomic mass is 9.86. The molecule has 3 heterocycles. The first-order chi connectivity index (χ1) is 20.8. The van der Waals surface area contributed by atoms with Crippen molar-refractivity contribution in [3.63, 3.8) is 0 Å². The third-order valence-electron chi connectivity index (χ3n) is 8.98. The lowest BCUT2D eigenvalue weighted by molar-refractivity contribution is -0.124. The van der Waals surface area contributed by atoms with Crippen molar-refractivity contribution in [2.45, 2.75) is 75.5 Å². The highest BCUT2D eigenvalue weighted by molar-refractivity contribution is 8.76. The number of hydrogen-bond acceptors (Lipinski definition) is 10. The number of ether oxygens (including phenoxy) is 1. The van der Waals surface area contributed by atoms with E-state index in [0.29, 0.717) is 30.3 Å². The number of hydrogen-bond donors (Lipinski definition) is 3. The molecule has 1 fully saturated rings. The lowest BCUT2D eigenvalue weighted by Gasteiger charge is -2.44. The van der Waals surface area contributed by atoms with Crippen LogP contribution in [-0.2, 0) is 16.0 Å². The van der Waals surface area contributed by atoms with Gasteiger partial charge in [-0.3, -0.25) is 9.59 Å². The molecule has 1 aromatic carbocycles. The molecule has 0 spiro atoms. The highest BCUT2D eigenvalue weighted by Crippen LogP contribution is 2.56. The maximum absolute atomic E-state index is 12.7. The van der Waals surface area contributed by atoms with Gasteiger partial charge in [0.1, 0.15) is 11.6 Å². The molecule has 1 aliphatic carbocycles. The number of pyridine rings is 1. The molecule has 4 N–H and O–H groups in total. The number of ketones is 2. The van der Waals surface area contributed by atoms with Crippen LogP contribution in [0.25, 0.3) is 6.08 Å². The quantitative estimate of drug-likeness (QED) is 0.261. The summed E-state index contributed by atoms with van der Waals surface area (Å²) in [6.07, 6.45) is 16.2. The van der Waals surface area contributed by atoms with Crippen LogP contribution in [0.5, 0.6) is 11.5 Å². The number of nitrogens with zero attached hydrogens (tertiary/aromatic N) is 2. The molecule has 10 heteroatoms. The molecule has 0 saturated heterocycles. The number of phenolic OH excluding ortho intramolecular Hbond substituents is 1. The van der Waals surface area contributed by atoms with Crippen LogP contribution in [0.2, 0.25) is 0 Å². The van der Waals surface area contributed by atoms with Gasteiger partial charge < -0.3 is 25.8 Å². The highest BCUT2D eigenvalue weighted by atomic mass is 33.1. The molecular weight excluding hydrogens is 581 g/mol. The maximum atomic E-state index is 12.7. The molecule has 5 rings (SSSR count). The molecule has 0 unspecified atom stereocenters. The number of allylic oxidation sites excluding steroid dienone is 1. The lowest BCUT2D eigenvalue weighted by Crippen LogP contribution is -2.48. The Morgan fingerprint density at radius 2 is 2.00 bits per heavy atom. The molecule has 230 valence electrons. The van der Waals surface area contributed by atoms with Crippen LogP contribution in [0.3, 0.4) is 0 Å². The number of phenols is 1. The second-order valence-corrected chi connectivity index (χ2v) is 14.3. The van der Waals surface area contributed by atoms with Crippen LogP contribution in [0, 0.1) is 5.92 Å². The van der Waals surface area contributed by atoms with Crippen molar-refractivity contribution in [1.82, 2.24) is 15.2 Å². The molecule has 0 radical (unpaired) electrons. The molecule has 2 bridgehead atoms. The highest BCUT2D eigenvalue weighted by Gasteiger charge is 2.47. The fourth-order valence-electron chi connectivity index (χ4n) is 6.43. The molecule has 43 heavy (non-hydrogen) atoms. The van der Waals surface area contributed by atoms with Gasteiger partial charge in [-0.2, -0.15) is 0 Å². The molecule has 2 aromatic rings. The van der Waals surface area contributed by atoms with Crippen LogP contribution >= 0.6 is 21.6 Å². The van der Waals surface area contributed by atoms with E-state index >= 15 is 0 Å². The number of anilines is 1. The molecule has 2 aliphatic heterocycles. The average Bonchev–Trinajstić information content (AvgIpc) is 3.71. The SMILES string of the molecule is CC[C@@H]1CCC(=O)CC(=O)/C=C/c2cc(OC)c(O)cc2Cc2cnc(N)c(c2)[C@H](C2(N3C=CNC3)CCCC2)SSC1. The van der Waals surface area contributed by atoms with Crippen molar-refractivity contribution in [3.8, 4) is 11.5 Å². The van der Waals surface area contributed by atoms with Gasteiger partial charge in [0.25, 0.3) is 0 Å². The Morgan fingerprint density at radius 3 is 2.72 bits per heavy atom. The summed E-state index contributed by atoms with van der Waals surface area (Å²) >= 11 is 0. The van der Waals surface area contributed by atoms with Crippen molar-refractivity contribution < 1.29 is 19.4 Å². The standard InChI is InChI=1S/C33H42N4O4S2/c1-3-22-6-8-26(38)18-27(39)9-7-24-17-30(41-2)29(40)16-25(24)14-23-15-28(32(34)36-19-23)31(43-42-20-22)33(10-4-5-11-33)37-13-12-35-21-37/h7,9,12-13,15-17,19,22,31,35,40H,3-6,8,10-11,14,18,20-21H2,1-2H3,(H2,34,36)/b9-7+/t22-,31-/m1/s1. The summed E-state index contributed by atoms with van der Waals surface area (Å²) in [5, 5.41) is 14.1. The molecule has 1 saturated carbocycles. The topological polar surface area (TPSA) is 118 Å². The van der Waals surface area contributed by atoms with Gasteiger partial charge in [0.15, 0.2) is 17.3 Å². The number of nitrogens with one attached hydrogen (secondary N) is 1. The number of Topliss-reactive ketones (excluding diaryl/α,β-unsaturated/α-hetero) is 1. The van der Waals surface area contributed by atoms with Crippen LogP contribution in [0.15, 0.2) is 42.9 Å². The van der Waals surface area contributed by atoms with Crippen LogP contribution in [0.4, 0.5) is 5.82 Å². The van der Waals surface area contributed by atoms with E-state index < -0.39 is 0 Å². The predicted molar refractivity (Wildman–Crippen MR) is 176 cm³/mol. The van der Waals surface area contributed by atoms with Crippen molar-refractivity contribution in [3.05, 3.63) is 65.1 Å². The maximum Gasteiger partial charge on any atom is 0.163 e. The first-order valence-corrected chi connectivity index (χ1v) is 17.5. The normalized spacial score (nSPS) is 23.7. The van der Waals surface area contributed by atoms with Gasteiger partial charge in [-0.15, -0.1) is 0 Å². The van der Waals surface area contributed by atoms with Gasteiger partial charge in [0.2, 0.25) is 0 Å². The molecule has 0 amide bonds. The number of aromatic hydroxyl groups is 1. The molecule has 1 aromatic heterocycles. The van der Waals surface area contributed by atoms with Gasteiger partial charge >= 0.3 is 0 Å². The number of nitrogen functional groups attached to an aromatic ring is 1. The van der Waals surface area contributed by atoms with E-state index in [4.69, 9.17) is 15.5 Å². The Labute approximate surface area is 262 Å². The third kappa shape index (κ3) is 7.17. The third-order valence-corrected chi connectivity index (χ3v) is 12.0. The molecule has 3 aliphatic rings. The van der Waals surface area contributed by atoms with Crippen LogP contribution < -0.4 is 15.8 Å². The van der Waals surface area contributed by atoms with Gasteiger partial charge in [-0.25, -0.2) is 4.98 Å². The largest absolute Gasteiger partial charge is 0.504 e. The summed E-state index contributed by atoms with van der Waals surface area (Å²) < 4.78 is 5.36. The Bertz CT molecular complexity index is 1390. The van der Waals surface area contributed by atoms with E-state index in [1.165, 1.54) is 26.0 Å². The fraction of sp³-hybridized carbons (Fsp3) is 0.485. The summed E-state index contributed by atoms with van der Waals surface area (Å²) in [4.78, 5) is 32.6. The number of rotatable bonds is 4. The monoisotopic (exact) mass is 622 g/mol. The van der Waals surface area contributed by atoms with Crippen LogP contribution in [0.1, 0.15) is 85.8 Å². The number of fused-ring (bicyclic) bond motifs is 3. The van der Waals surface area contributed by atoms with Gasteiger partial charge in [-0.05, 0) is 72.6 Å². The van der Waals surface area contributed by atoms with Gasteiger partial charge in [-0.1, -0.05) is 53.9 Å². The van der Waals surface area contributed by atoms with Gasteiger partial charge in [0.05, 0.1) is 31.0 Å². The smallest absolute Gasteiger partial charge is 0.163 e. The van der Waals surface area contributed by atoms with Crippen molar-refractivity contribution >= 4 is 45.0 Å². The van der Waals surface area contributed by atoms with E-state index in [0.717, 1.165) is 60.4 Å². The molecule has 8 nitrogen and oxygen atoms in total. The van der Waals surface area contributed by atoms with Crippen molar-refractivity contribution in [1.29, 1.82) is 0 Å². The van der Waals surface area contributed by atoms with E-state index in [1.54, 1.807) is 24.4 Å². The number of carbonyl (C=O) groups is 2. The first-order valence-electron chi connectivity index (χ1n) is 15.1. The number of aromatic nitrogens is 1. The second kappa shape index (κ2) is 14.1. The van der Waals surface area contributed by atoms with E-state index in [9.17, 15) is 14.7 Å². The van der Waals surface area contributed by atoms with Gasteiger partial charge in [0, 0.05) is 36.3 Å². The zero-order valence-corrected chi connectivity index (χ0v) is 26.6. The Kier molecular flexibility index (Phi) is 10.3.